The van der Waals surface area contributed by atoms with Gasteiger partial charge in [-0.05, 0) is 25.1 Å². The van der Waals surface area contributed by atoms with Crippen LogP contribution in [0.4, 0.5) is 14.6 Å². The highest BCUT2D eigenvalue weighted by atomic mass is 35.5. The highest BCUT2D eigenvalue weighted by Crippen LogP contribution is 2.14. The number of aromatic nitrogens is 2. The molecule has 0 aliphatic carbocycles. The molecular formula is C12H14ClF2N3. The lowest BCUT2D eigenvalue weighted by molar-refractivity contribution is 0.587. The standard InChI is InChI=1S/C12H13F2N3.ClH/c1-8-7-17(2)16-12(8)15-6-9-5-10(13)3-4-11(9)14;/h3-5,7H,6H2,1-2H3,(H,15,16);1H. The van der Waals surface area contributed by atoms with Crippen LogP contribution >= 0.6 is 12.4 Å². The van der Waals surface area contributed by atoms with Crippen molar-refractivity contribution in [3.63, 3.8) is 0 Å². The van der Waals surface area contributed by atoms with Crippen LogP contribution < -0.4 is 5.32 Å². The largest absolute Gasteiger partial charge is 0.364 e. The van der Waals surface area contributed by atoms with Gasteiger partial charge < -0.3 is 5.32 Å². The van der Waals surface area contributed by atoms with Crippen LogP contribution in [-0.4, -0.2) is 9.78 Å². The molecule has 0 spiro atoms. The van der Waals surface area contributed by atoms with Crippen LogP contribution in [-0.2, 0) is 13.6 Å². The number of halogens is 3. The summed E-state index contributed by atoms with van der Waals surface area (Å²) in [5.74, 6) is -0.190. The number of nitrogens with zero attached hydrogens (tertiary/aromatic N) is 2. The van der Waals surface area contributed by atoms with Crippen molar-refractivity contribution in [1.82, 2.24) is 9.78 Å². The molecule has 1 N–H and O–H groups in total. The Balaban J connectivity index is 0.00000162. The number of rotatable bonds is 3. The molecule has 0 bridgehead atoms. The van der Waals surface area contributed by atoms with Gasteiger partial charge in [-0.2, -0.15) is 5.10 Å². The van der Waals surface area contributed by atoms with Crippen LogP contribution in [0.25, 0.3) is 0 Å². The van der Waals surface area contributed by atoms with Gasteiger partial charge in [-0.15, -0.1) is 12.4 Å². The third kappa shape index (κ3) is 3.20. The zero-order chi connectivity index (χ0) is 12.4. The Kier molecular flexibility index (Phi) is 4.67. The summed E-state index contributed by atoms with van der Waals surface area (Å²) < 4.78 is 28.0. The third-order valence-electron chi connectivity index (χ3n) is 2.47. The number of anilines is 1. The van der Waals surface area contributed by atoms with Crippen LogP contribution in [0.3, 0.4) is 0 Å². The Morgan fingerprint density at radius 2 is 2.06 bits per heavy atom. The van der Waals surface area contributed by atoms with E-state index < -0.39 is 11.6 Å². The van der Waals surface area contributed by atoms with E-state index in [1.807, 2.05) is 13.1 Å². The first-order valence-electron chi connectivity index (χ1n) is 5.24. The van der Waals surface area contributed by atoms with E-state index in [9.17, 15) is 8.78 Å². The molecular weight excluding hydrogens is 260 g/mol. The molecule has 0 amide bonds. The molecule has 0 unspecified atom stereocenters. The van der Waals surface area contributed by atoms with Crippen molar-refractivity contribution in [2.45, 2.75) is 13.5 Å². The Labute approximate surface area is 110 Å². The first-order valence-corrected chi connectivity index (χ1v) is 5.24. The maximum Gasteiger partial charge on any atom is 0.151 e. The van der Waals surface area contributed by atoms with Gasteiger partial charge in [0.25, 0.3) is 0 Å². The molecule has 6 heteroatoms. The Bertz CT molecular complexity index is 540. The van der Waals surface area contributed by atoms with Gasteiger partial charge in [0.1, 0.15) is 11.6 Å². The molecule has 2 aromatic rings. The van der Waals surface area contributed by atoms with Crippen molar-refractivity contribution in [2.75, 3.05) is 5.32 Å². The van der Waals surface area contributed by atoms with Crippen LogP contribution in [0, 0.1) is 18.6 Å². The second-order valence-electron chi connectivity index (χ2n) is 3.92. The number of aryl methyl sites for hydroxylation is 2. The second kappa shape index (κ2) is 5.82. The van der Waals surface area contributed by atoms with E-state index in [1.54, 1.807) is 11.7 Å². The maximum atomic E-state index is 13.3. The van der Waals surface area contributed by atoms with Gasteiger partial charge in [0.05, 0.1) is 0 Å². The Morgan fingerprint density at radius 3 is 2.67 bits per heavy atom. The number of hydrogen-bond acceptors (Lipinski definition) is 2. The Hall–Kier alpha value is -1.62. The third-order valence-corrected chi connectivity index (χ3v) is 2.47. The van der Waals surface area contributed by atoms with E-state index in [-0.39, 0.29) is 24.5 Å². The summed E-state index contributed by atoms with van der Waals surface area (Å²) in [6.07, 6.45) is 1.85. The fourth-order valence-electron chi connectivity index (χ4n) is 1.64. The number of benzene rings is 1. The zero-order valence-electron chi connectivity index (χ0n) is 10.1. The lowest BCUT2D eigenvalue weighted by Gasteiger charge is -2.05. The van der Waals surface area contributed by atoms with Crippen LogP contribution in [0.15, 0.2) is 24.4 Å². The first kappa shape index (κ1) is 14.4. The minimum absolute atomic E-state index is 0. The average Bonchev–Trinajstić information content (AvgIpc) is 2.59. The normalized spacial score (nSPS) is 10.0. The minimum Gasteiger partial charge on any atom is -0.364 e. The molecule has 0 radical (unpaired) electrons. The van der Waals surface area contributed by atoms with Gasteiger partial charge in [0, 0.05) is 30.9 Å². The topological polar surface area (TPSA) is 29.9 Å². The lowest BCUT2D eigenvalue weighted by atomic mass is 10.2. The van der Waals surface area contributed by atoms with E-state index in [4.69, 9.17) is 0 Å². The summed E-state index contributed by atoms with van der Waals surface area (Å²) in [5.41, 5.74) is 1.25. The SMILES string of the molecule is Cc1cn(C)nc1NCc1cc(F)ccc1F.Cl. The molecule has 1 heterocycles. The predicted octanol–water partition coefficient (Wildman–Crippen LogP) is 3.04. The van der Waals surface area contributed by atoms with Crippen molar-refractivity contribution < 1.29 is 8.78 Å². The van der Waals surface area contributed by atoms with Gasteiger partial charge in [0.2, 0.25) is 0 Å². The van der Waals surface area contributed by atoms with Crippen molar-refractivity contribution in [3.8, 4) is 0 Å². The lowest BCUT2D eigenvalue weighted by Crippen LogP contribution is -2.04. The van der Waals surface area contributed by atoms with E-state index in [1.165, 1.54) is 6.07 Å². The molecule has 0 aliphatic heterocycles. The Morgan fingerprint density at radius 1 is 1.33 bits per heavy atom. The van der Waals surface area contributed by atoms with Crippen molar-refractivity contribution in [3.05, 3.63) is 47.2 Å². The van der Waals surface area contributed by atoms with E-state index in [2.05, 4.69) is 10.4 Å². The smallest absolute Gasteiger partial charge is 0.151 e. The monoisotopic (exact) mass is 273 g/mol. The van der Waals surface area contributed by atoms with Gasteiger partial charge in [-0.1, -0.05) is 0 Å². The maximum absolute atomic E-state index is 13.3. The number of nitrogens with one attached hydrogen (secondary N) is 1. The quantitative estimate of drug-likeness (QED) is 0.932. The highest BCUT2D eigenvalue weighted by Gasteiger charge is 2.06. The second-order valence-corrected chi connectivity index (χ2v) is 3.92. The fourth-order valence-corrected chi connectivity index (χ4v) is 1.64. The molecule has 0 fully saturated rings. The fraction of sp³-hybridized carbons (Fsp3) is 0.250. The van der Waals surface area contributed by atoms with E-state index in [0.717, 1.165) is 17.7 Å². The zero-order valence-corrected chi connectivity index (χ0v) is 10.9. The molecule has 0 saturated carbocycles. The van der Waals surface area contributed by atoms with Gasteiger partial charge in [0.15, 0.2) is 5.82 Å². The molecule has 98 valence electrons. The summed E-state index contributed by atoms with van der Waals surface area (Å²) >= 11 is 0. The number of hydrogen-bond donors (Lipinski definition) is 1. The molecule has 0 aliphatic rings. The van der Waals surface area contributed by atoms with Crippen LogP contribution in [0.2, 0.25) is 0 Å². The summed E-state index contributed by atoms with van der Waals surface area (Å²) in [5, 5.41) is 7.15. The molecule has 0 atom stereocenters. The van der Waals surface area contributed by atoms with Crippen LogP contribution in [0.5, 0.6) is 0 Å². The molecule has 2 rings (SSSR count). The summed E-state index contributed by atoms with van der Waals surface area (Å²) in [6.45, 7) is 2.11. The first-order chi connectivity index (χ1) is 8.06. The van der Waals surface area contributed by atoms with Gasteiger partial charge >= 0.3 is 0 Å². The summed E-state index contributed by atoms with van der Waals surface area (Å²) in [7, 11) is 1.81. The molecule has 1 aromatic carbocycles. The van der Waals surface area contributed by atoms with Crippen molar-refractivity contribution >= 4 is 18.2 Å². The molecule has 1 aromatic heterocycles. The summed E-state index contributed by atoms with van der Waals surface area (Å²) in [4.78, 5) is 0. The minimum atomic E-state index is -0.444. The average molecular weight is 274 g/mol. The highest BCUT2D eigenvalue weighted by molar-refractivity contribution is 5.85. The molecule has 0 saturated heterocycles. The predicted molar refractivity (Wildman–Crippen MR) is 68.9 cm³/mol. The molecule has 18 heavy (non-hydrogen) atoms. The summed E-state index contributed by atoms with van der Waals surface area (Å²) in [6, 6.07) is 3.41. The van der Waals surface area contributed by atoms with Crippen molar-refractivity contribution in [2.24, 2.45) is 7.05 Å². The van der Waals surface area contributed by atoms with Gasteiger partial charge in [-0.25, -0.2) is 8.78 Å². The molecule has 3 nitrogen and oxygen atoms in total. The van der Waals surface area contributed by atoms with E-state index in [0.29, 0.717) is 5.82 Å². The van der Waals surface area contributed by atoms with Crippen LogP contribution in [0.1, 0.15) is 11.1 Å². The van der Waals surface area contributed by atoms with Crippen molar-refractivity contribution in [1.29, 1.82) is 0 Å². The van der Waals surface area contributed by atoms with E-state index >= 15 is 0 Å². The van der Waals surface area contributed by atoms with Gasteiger partial charge in [-0.3, -0.25) is 4.68 Å².